The summed E-state index contributed by atoms with van der Waals surface area (Å²) in [5, 5.41) is 14.1. The van der Waals surface area contributed by atoms with E-state index in [4.69, 9.17) is 28.2 Å². The van der Waals surface area contributed by atoms with E-state index in [1.165, 1.54) is 6.42 Å². The number of anilines is 2. The van der Waals surface area contributed by atoms with Crippen molar-refractivity contribution >= 4 is 46.3 Å². The van der Waals surface area contributed by atoms with Crippen LogP contribution in [0.3, 0.4) is 0 Å². The monoisotopic (exact) mass is 586 g/mol. The number of furan rings is 1. The summed E-state index contributed by atoms with van der Waals surface area (Å²) in [6.45, 7) is 6.54. The van der Waals surface area contributed by atoms with Gasteiger partial charge in [0.2, 0.25) is 0 Å². The van der Waals surface area contributed by atoms with Crippen molar-refractivity contribution in [1.82, 2.24) is 10.3 Å². The number of pyridine rings is 1. The molecule has 0 saturated carbocycles. The van der Waals surface area contributed by atoms with Crippen LogP contribution < -0.4 is 15.1 Å². The summed E-state index contributed by atoms with van der Waals surface area (Å²) in [4.78, 5) is 20.6. The van der Waals surface area contributed by atoms with Crippen LogP contribution in [0.5, 0.6) is 0 Å². The van der Waals surface area contributed by atoms with Crippen molar-refractivity contribution in [3.63, 3.8) is 0 Å². The van der Waals surface area contributed by atoms with Crippen molar-refractivity contribution in [2.24, 2.45) is 11.8 Å². The van der Waals surface area contributed by atoms with Gasteiger partial charge >= 0.3 is 5.97 Å². The lowest BCUT2D eigenvalue weighted by Crippen LogP contribution is -2.38. The third-order valence-corrected chi connectivity index (χ3v) is 8.45. The Morgan fingerprint density at radius 2 is 1.85 bits per heavy atom. The highest BCUT2D eigenvalue weighted by Gasteiger charge is 2.43. The number of aromatic carboxylic acids is 1. The Morgan fingerprint density at radius 3 is 2.56 bits per heavy atom. The summed E-state index contributed by atoms with van der Waals surface area (Å²) in [7, 11) is 0. The van der Waals surface area contributed by atoms with Gasteiger partial charge in [-0.25, -0.2) is 4.79 Å². The van der Waals surface area contributed by atoms with Crippen molar-refractivity contribution < 1.29 is 14.3 Å². The van der Waals surface area contributed by atoms with Crippen molar-refractivity contribution in [1.29, 1.82) is 0 Å². The number of thiocarbonyl (C=S) groups is 1. The summed E-state index contributed by atoms with van der Waals surface area (Å²) in [5.74, 6) is 1.47. The van der Waals surface area contributed by atoms with Gasteiger partial charge in [-0.15, -0.1) is 0 Å². The molecule has 0 unspecified atom stereocenters. The van der Waals surface area contributed by atoms with Crippen molar-refractivity contribution in [3.8, 4) is 11.3 Å². The molecule has 6 rings (SSSR count). The van der Waals surface area contributed by atoms with Gasteiger partial charge in [-0.05, 0) is 85.1 Å². The summed E-state index contributed by atoms with van der Waals surface area (Å²) >= 11 is 12.8. The van der Waals surface area contributed by atoms with Gasteiger partial charge in [0, 0.05) is 30.5 Å². The highest BCUT2D eigenvalue weighted by Crippen LogP contribution is 2.44. The van der Waals surface area contributed by atoms with E-state index in [9.17, 15) is 9.90 Å². The minimum absolute atomic E-state index is 0.198. The van der Waals surface area contributed by atoms with Gasteiger partial charge in [0.25, 0.3) is 0 Å². The molecule has 41 heavy (non-hydrogen) atoms. The molecule has 9 heteroatoms. The van der Waals surface area contributed by atoms with Crippen LogP contribution in [0.2, 0.25) is 5.02 Å². The van der Waals surface area contributed by atoms with Gasteiger partial charge in [0.15, 0.2) is 5.11 Å². The lowest BCUT2D eigenvalue weighted by molar-refractivity contribution is 0.0697. The predicted octanol–water partition coefficient (Wildman–Crippen LogP) is 7.35. The molecule has 0 spiro atoms. The van der Waals surface area contributed by atoms with Gasteiger partial charge < -0.3 is 24.6 Å². The number of hydrogen-bond acceptors (Lipinski definition) is 5. The number of rotatable bonds is 6. The Labute approximate surface area is 249 Å². The predicted molar refractivity (Wildman–Crippen MR) is 166 cm³/mol. The maximum absolute atomic E-state index is 11.5. The van der Waals surface area contributed by atoms with Gasteiger partial charge in [0.1, 0.15) is 17.6 Å². The molecule has 2 aromatic heterocycles. The molecule has 2 fully saturated rings. The van der Waals surface area contributed by atoms with Crippen molar-refractivity contribution in [2.45, 2.75) is 32.4 Å². The molecular formula is C32H31ClN4O3S. The molecule has 0 bridgehead atoms. The van der Waals surface area contributed by atoms with Crippen LogP contribution in [0.15, 0.2) is 83.4 Å². The number of halogens is 1. The number of benzene rings is 2. The first-order chi connectivity index (χ1) is 19.8. The van der Waals surface area contributed by atoms with Crippen LogP contribution >= 0.6 is 23.8 Å². The molecular weight excluding hydrogens is 556 g/mol. The van der Waals surface area contributed by atoms with E-state index in [1.54, 1.807) is 24.4 Å². The van der Waals surface area contributed by atoms with Crippen LogP contribution in [0, 0.1) is 11.8 Å². The molecule has 210 valence electrons. The number of aromatic nitrogens is 1. The zero-order chi connectivity index (χ0) is 28.7. The van der Waals surface area contributed by atoms with Crippen LogP contribution in [0.4, 0.5) is 11.4 Å². The number of nitrogens with zero attached hydrogens (tertiary/aromatic N) is 3. The molecule has 0 radical (unpaired) electrons. The number of hydrogen-bond donors (Lipinski definition) is 2. The third-order valence-electron chi connectivity index (χ3n) is 7.83. The Morgan fingerprint density at radius 1 is 1.05 bits per heavy atom. The van der Waals surface area contributed by atoms with Crippen LogP contribution in [0.1, 0.15) is 54.2 Å². The lowest BCUT2D eigenvalue weighted by Gasteiger charge is -2.37. The van der Waals surface area contributed by atoms with Crippen molar-refractivity contribution in [2.75, 3.05) is 22.9 Å². The number of piperidine rings is 1. The fourth-order valence-corrected chi connectivity index (χ4v) is 6.80. The summed E-state index contributed by atoms with van der Waals surface area (Å²) in [6, 6.07) is 21.8. The molecule has 7 nitrogen and oxygen atoms in total. The first-order valence-electron chi connectivity index (χ1n) is 13.8. The maximum atomic E-state index is 11.5. The van der Waals surface area contributed by atoms with E-state index in [2.05, 4.69) is 41.2 Å². The molecule has 2 aromatic carbocycles. The van der Waals surface area contributed by atoms with E-state index in [1.807, 2.05) is 47.4 Å². The number of nitrogens with one attached hydrogen (secondary N) is 1. The molecule has 2 aliphatic rings. The molecule has 0 aliphatic carbocycles. The second-order valence-corrected chi connectivity index (χ2v) is 11.9. The normalized spacial score (nSPS) is 22.6. The molecule has 2 saturated heterocycles. The largest absolute Gasteiger partial charge is 0.478 e. The van der Waals surface area contributed by atoms with Gasteiger partial charge in [-0.1, -0.05) is 43.6 Å². The average Bonchev–Trinajstić information content (AvgIpc) is 3.57. The van der Waals surface area contributed by atoms with Gasteiger partial charge in [-0.3, -0.25) is 4.98 Å². The third kappa shape index (κ3) is 5.42. The molecule has 4 heterocycles. The van der Waals surface area contributed by atoms with E-state index in [0.29, 0.717) is 39.1 Å². The van der Waals surface area contributed by atoms with E-state index in [0.717, 1.165) is 30.2 Å². The minimum Gasteiger partial charge on any atom is -0.478 e. The topological polar surface area (TPSA) is 81.8 Å². The Balaban J connectivity index is 1.38. The molecule has 4 atom stereocenters. The number of carboxylic acid groups (broad SMARTS) is 1. The molecule has 2 aliphatic heterocycles. The smallest absolute Gasteiger partial charge is 0.335 e. The zero-order valence-electron chi connectivity index (χ0n) is 22.8. The fourth-order valence-electron chi connectivity index (χ4n) is 6.16. The van der Waals surface area contributed by atoms with Crippen molar-refractivity contribution in [3.05, 3.63) is 101 Å². The second kappa shape index (κ2) is 11.2. The first-order valence-corrected chi connectivity index (χ1v) is 14.6. The molecule has 2 N–H and O–H groups in total. The van der Waals surface area contributed by atoms with E-state index in [-0.39, 0.29) is 17.6 Å². The van der Waals surface area contributed by atoms with E-state index >= 15 is 0 Å². The molecule has 4 aromatic rings. The Hall–Kier alpha value is -3.88. The first kappa shape index (κ1) is 27.3. The summed E-state index contributed by atoms with van der Waals surface area (Å²) < 4.78 is 6.41. The average molecular weight is 587 g/mol. The second-order valence-electron chi connectivity index (χ2n) is 11.1. The summed E-state index contributed by atoms with van der Waals surface area (Å²) in [5.41, 5.74) is 3.59. The lowest BCUT2D eigenvalue weighted by atomic mass is 9.91. The summed E-state index contributed by atoms with van der Waals surface area (Å²) in [6.07, 6.45) is 2.99. The quantitative estimate of drug-likeness (QED) is 0.227. The van der Waals surface area contributed by atoms with Crippen LogP contribution in [-0.2, 0) is 0 Å². The highest BCUT2D eigenvalue weighted by molar-refractivity contribution is 7.80. The Kier molecular flexibility index (Phi) is 7.45. The zero-order valence-corrected chi connectivity index (χ0v) is 24.4. The van der Waals surface area contributed by atoms with Gasteiger partial charge in [0.05, 0.1) is 28.0 Å². The number of carbonyl (C=O) groups is 1. The van der Waals surface area contributed by atoms with Gasteiger partial charge in [-0.2, -0.15) is 0 Å². The standard InChI is InChI=1S/C32H31ClN4O3S/c1-19-14-20(2)18-36(17-19)26-10-9-23(16-24(26)33)37-30(29(35-32(37)41)25-8-3-4-13-34-25)28-12-11-27(40-28)21-6-5-7-22(15-21)31(38)39/h3-13,15-16,19-20,29-30H,14,17-18H2,1-2H3,(H,35,41)(H,38,39)/t19-,20+,29-,30-/m1/s1. The van der Waals surface area contributed by atoms with E-state index < -0.39 is 5.97 Å². The molecule has 0 amide bonds. The maximum Gasteiger partial charge on any atom is 0.335 e. The van der Waals surface area contributed by atoms with Crippen LogP contribution in [0.25, 0.3) is 11.3 Å². The fraction of sp³-hybridized carbons (Fsp3) is 0.281. The minimum atomic E-state index is -0.987. The SMILES string of the molecule is C[C@@H]1C[C@H](C)CN(c2ccc(N3C(=S)N[C@H](c4ccccn4)[C@H]3c3ccc(-c4cccc(C(=O)O)c4)o3)cc2Cl)C1. The Bertz CT molecular complexity index is 1580. The highest BCUT2D eigenvalue weighted by atomic mass is 35.5. The number of carboxylic acids is 1. The van der Waals surface area contributed by atoms with Crippen LogP contribution in [-0.4, -0.2) is 34.3 Å².